The van der Waals surface area contributed by atoms with Gasteiger partial charge in [0.2, 0.25) is 0 Å². The van der Waals surface area contributed by atoms with Crippen LogP contribution in [-0.4, -0.2) is 62.6 Å². The second kappa shape index (κ2) is 7.66. The summed E-state index contributed by atoms with van der Waals surface area (Å²) in [7, 11) is -2.99. The van der Waals surface area contributed by atoms with Crippen LogP contribution >= 0.6 is 11.8 Å². The lowest BCUT2D eigenvalue weighted by Crippen LogP contribution is -2.53. The van der Waals surface area contributed by atoms with E-state index in [1.807, 2.05) is 0 Å². The lowest BCUT2D eigenvalue weighted by molar-refractivity contribution is 0.100. The third-order valence-electron chi connectivity index (χ3n) is 4.89. The zero-order chi connectivity index (χ0) is 15.3. The van der Waals surface area contributed by atoms with Crippen molar-refractivity contribution in [2.45, 2.75) is 44.4 Å². The number of hydrogen-bond donors (Lipinski definition) is 1. The third kappa shape index (κ3) is 4.85. The van der Waals surface area contributed by atoms with E-state index in [1.54, 1.807) is 11.8 Å². The van der Waals surface area contributed by atoms with Gasteiger partial charge < -0.3 is 5.32 Å². The molecule has 6 heteroatoms. The molecule has 0 aromatic carbocycles. The molecule has 0 spiro atoms. The highest BCUT2D eigenvalue weighted by atomic mass is 32.2. The zero-order valence-electron chi connectivity index (χ0n) is 13.4. The van der Waals surface area contributed by atoms with Crippen LogP contribution < -0.4 is 5.32 Å². The maximum absolute atomic E-state index is 12.1. The Labute approximate surface area is 134 Å². The molecule has 1 unspecified atom stereocenters. The van der Waals surface area contributed by atoms with Gasteiger partial charge in [0.05, 0.1) is 0 Å². The first kappa shape index (κ1) is 17.6. The number of nitrogens with zero attached hydrogens (tertiary/aromatic N) is 1. The average Bonchev–Trinajstić information content (AvgIpc) is 2.46. The van der Waals surface area contributed by atoms with Crippen molar-refractivity contribution in [1.29, 1.82) is 0 Å². The van der Waals surface area contributed by atoms with Crippen molar-refractivity contribution in [3.05, 3.63) is 0 Å². The predicted octanol–water partition coefficient (Wildman–Crippen LogP) is 1.97. The number of nitrogens with one attached hydrogen (secondary N) is 1. The molecule has 0 bridgehead atoms. The SMILES string of the molecule is CCNCC1(CN2CCSCC2S(C)(=O)=O)CCCCC1. The van der Waals surface area contributed by atoms with Crippen LogP contribution in [0.5, 0.6) is 0 Å². The molecule has 1 N–H and O–H groups in total. The normalized spacial score (nSPS) is 27.6. The largest absolute Gasteiger partial charge is 0.316 e. The molecular weight excluding hydrogens is 304 g/mol. The van der Waals surface area contributed by atoms with Crippen LogP contribution in [0, 0.1) is 5.41 Å². The topological polar surface area (TPSA) is 49.4 Å². The Morgan fingerprint density at radius 3 is 2.62 bits per heavy atom. The molecule has 2 rings (SSSR count). The van der Waals surface area contributed by atoms with Crippen LogP contribution in [-0.2, 0) is 9.84 Å². The lowest BCUT2D eigenvalue weighted by atomic mass is 9.73. The van der Waals surface area contributed by atoms with E-state index in [1.165, 1.54) is 38.4 Å². The van der Waals surface area contributed by atoms with Gasteiger partial charge in [0.1, 0.15) is 5.37 Å². The van der Waals surface area contributed by atoms with Gasteiger partial charge in [0.25, 0.3) is 0 Å². The minimum atomic E-state index is -2.99. The van der Waals surface area contributed by atoms with Crippen molar-refractivity contribution in [3.63, 3.8) is 0 Å². The number of thioether (sulfide) groups is 1. The van der Waals surface area contributed by atoms with Gasteiger partial charge in [-0.2, -0.15) is 11.8 Å². The van der Waals surface area contributed by atoms with Gasteiger partial charge in [-0.3, -0.25) is 4.90 Å². The second-order valence-corrected chi connectivity index (χ2v) is 10.0. The van der Waals surface area contributed by atoms with Gasteiger partial charge in [-0.25, -0.2) is 8.42 Å². The molecule has 1 aliphatic carbocycles. The molecule has 2 aliphatic rings. The van der Waals surface area contributed by atoms with Gasteiger partial charge in [0, 0.05) is 37.4 Å². The molecule has 0 amide bonds. The Morgan fingerprint density at radius 1 is 1.29 bits per heavy atom. The average molecular weight is 335 g/mol. The van der Waals surface area contributed by atoms with Crippen LogP contribution in [0.3, 0.4) is 0 Å². The van der Waals surface area contributed by atoms with E-state index in [2.05, 4.69) is 17.1 Å². The smallest absolute Gasteiger partial charge is 0.164 e. The summed E-state index contributed by atoms with van der Waals surface area (Å²) in [4.78, 5) is 2.26. The van der Waals surface area contributed by atoms with Gasteiger partial charge in [-0.15, -0.1) is 0 Å². The predicted molar refractivity (Wildman–Crippen MR) is 91.6 cm³/mol. The molecule has 1 heterocycles. The quantitative estimate of drug-likeness (QED) is 0.805. The van der Waals surface area contributed by atoms with Gasteiger partial charge in [0.15, 0.2) is 9.84 Å². The van der Waals surface area contributed by atoms with Crippen LogP contribution in [0.4, 0.5) is 0 Å². The molecule has 1 aliphatic heterocycles. The van der Waals surface area contributed by atoms with Crippen molar-refractivity contribution in [1.82, 2.24) is 10.2 Å². The summed E-state index contributed by atoms with van der Waals surface area (Å²) >= 11 is 1.78. The Kier molecular flexibility index (Phi) is 6.41. The molecule has 21 heavy (non-hydrogen) atoms. The molecule has 4 nitrogen and oxygen atoms in total. The van der Waals surface area contributed by atoms with E-state index in [0.29, 0.717) is 0 Å². The lowest BCUT2D eigenvalue weighted by Gasteiger charge is -2.44. The fraction of sp³-hybridized carbons (Fsp3) is 1.00. The van der Waals surface area contributed by atoms with Crippen LogP contribution in [0.15, 0.2) is 0 Å². The minimum absolute atomic E-state index is 0.277. The summed E-state index contributed by atoms with van der Waals surface area (Å²) in [6.07, 6.45) is 7.78. The monoisotopic (exact) mass is 334 g/mol. The zero-order valence-corrected chi connectivity index (χ0v) is 15.1. The summed E-state index contributed by atoms with van der Waals surface area (Å²) in [5.41, 5.74) is 0.277. The van der Waals surface area contributed by atoms with Gasteiger partial charge in [-0.1, -0.05) is 26.2 Å². The molecule has 2 fully saturated rings. The molecule has 0 aromatic rings. The van der Waals surface area contributed by atoms with E-state index in [-0.39, 0.29) is 10.8 Å². The maximum atomic E-state index is 12.1. The number of rotatable bonds is 6. The minimum Gasteiger partial charge on any atom is -0.316 e. The Bertz CT molecular complexity index is 419. The summed E-state index contributed by atoms with van der Waals surface area (Å²) in [6, 6.07) is 0. The highest BCUT2D eigenvalue weighted by Crippen LogP contribution is 2.38. The molecule has 124 valence electrons. The van der Waals surface area contributed by atoms with Crippen LogP contribution in [0.1, 0.15) is 39.0 Å². The first-order chi connectivity index (χ1) is 9.97. The molecule has 1 saturated carbocycles. The van der Waals surface area contributed by atoms with E-state index < -0.39 is 9.84 Å². The second-order valence-electron chi connectivity index (χ2n) is 6.67. The van der Waals surface area contributed by atoms with E-state index in [0.717, 1.165) is 37.7 Å². The molecule has 0 aromatic heterocycles. The molecule has 0 radical (unpaired) electrons. The van der Waals surface area contributed by atoms with E-state index in [9.17, 15) is 8.42 Å². The number of sulfone groups is 1. The Hall–Kier alpha value is 0.220. The Morgan fingerprint density at radius 2 is 2.00 bits per heavy atom. The van der Waals surface area contributed by atoms with Crippen molar-refractivity contribution in [2.75, 3.05) is 43.9 Å². The summed E-state index contributed by atoms with van der Waals surface area (Å²) in [5.74, 6) is 1.79. The molecule has 1 atom stereocenters. The summed E-state index contributed by atoms with van der Waals surface area (Å²) in [6.45, 7) is 6.03. The first-order valence-corrected chi connectivity index (χ1v) is 11.3. The fourth-order valence-electron chi connectivity index (χ4n) is 3.70. The fourth-order valence-corrected chi connectivity index (χ4v) is 6.65. The van der Waals surface area contributed by atoms with Crippen molar-refractivity contribution in [2.24, 2.45) is 5.41 Å². The molecular formula is C15H30N2O2S2. The van der Waals surface area contributed by atoms with E-state index in [4.69, 9.17) is 0 Å². The highest BCUT2D eigenvalue weighted by Gasteiger charge is 2.39. The van der Waals surface area contributed by atoms with E-state index >= 15 is 0 Å². The van der Waals surface area contributed by atoms with Crippen molar-refractivity contribution < 1.29 is 8.42 Å². The Balaban J connectivity index is 2.09. The van der Waals surface area contributed by atoms with Crippen molar-refractivity contribution in [3.8, 4) is 0 Å². The maximum Gasteiger partial charge on any atom is 0.164 e. The molecule has 1 saturated heterocycles. The third-order valence-corrected chi connectivity index (χ3v) is 7.57. The van der Waals surface area contributed by atoms with Gasteiger partial charge in [-0.05, 0) is 24.8 Å². The highest BCUT2D eigenvalue weighted by molar-refractivity contribution is 8.00. The summed E-state index contributed by atoms with van der Waals surface area (Å²) < 4.78 is 24.2. The standard InChI is InChI=1S/C15H30N2O2S2/c1-3-16-12-15(7-5-4-6-8-15)13-17-9-10-20-11-14(17)21(2,18)19/h14,16H,3-13H2,1-2H3. The summed E-state index contributed by atoms with van der Waals surface area (Å²) in [5, 5.41) is 3.24. The number of hydrogen-bond acceptors (Lipinski definition) is 5. The first-order valence-electron chi connectivity index (χ1n) is 8.18. The van der Waals surface area contributed by atoms with Crippen molar-refractivity contribution >= 4 is 21.6 Å². The van der Waals surface area contributed by atoms with Gasteiger partial charge >= 0.3 is 0 Å². The van der Waals surface area contributed by atoms with Crippen LogP contribution in [0.25, 0.3) is 0 Å². The van der Waals surface area contributed by atoms with Crippen LogP contribution in [0.2, 0.25) is 0 Å².